The number of hydrogen-bond donors (Lipinski definition) is 1. The van der Waals surface area contributed by atoms with Gasteiger partial charge in [-0.2, -0.15) is 0 Å². The average molecular weight is 385 g/mol. The minimum Gasteiger partial charge on any atom is -0.349 e. The van der Waals surface area contributed by atoms with Gasteiger partial charge in [0.1, 0.15) is 0 Å². The second-order valence-electron chi connectivity index (χ2n) is 6.86. The van der Waals surface area contributed by atoms with Crippen LogP contribution in [0.3, 0.4) is 0 Å². The molecule has 5 heteroatoms. The highest BCUT2D eigenvalue weighted by Crippen LogP contribution is 2.19. The lowest BCUT2D eigenvalue weighted by Crippen LogP contribution is -2.46. The number of carbonyl (C=O) groups is 2. The molecule has 2 aromatic rings. The molecule has 1 aliphatic rings. The molecule has 1 aliphatic heterocycles. The molecule has 2 amide bonds. The van der Waals surface area contributed by atoms with Gasteiger partial charge in [-0.05, 0) is 42.5 Å². The van der Waals surface area contributed by atoms with Gasteiger partial charge in [-0.25, -0.2) is 0 Å². The fourth-order valence-corrected chi connectivity index (χ4v) is 3.50. The van der Waals surface area contributed by atoms with Gasteiger partial charge in [0.15, 0.2) is 0 Å². The number of carbonyl (C=O) groups excluding carboxylic acids is 2. The number of hydrogen-bond acceptors (Lipinski definition) is 2. The van der Waals surface area contributed by atoms with Gasteiger partial charge in [-0.15, -0.1) is 11.6 Å². The zero-order chi connectivity index (χ0) is 19.1. The monoisotopic (exact) mass is 384 g/mol. The molecule has 0 radical (unpaired) electrons. The van der Waals surface area contributed by atoms with Crippen molar-refractivity contribution in [3.8, 4) is 11.1 Å². The number of benzene rings is 2. The van der Waals surface area contributed by atoms with Gasteiger partial charge in [0, 0.05) is 37.0 Å². The third-order valence-corrected chi connectivity index (χ3v) is 5.23. The standard InChI is InChI=1S/C22H25ClN2O2/c23-14-4-7-21(26)25-15-12-20(13-16-25)24-22(27)19-10-8-18(9-11-19)17-5-2-1-3-6-17/h1-3,5-6,8-11,20H,4,7,12-16H2,(H,24,27). The van der Waals surface area contributed by atoms with Crippen molar-refractivity contribution in [3.05, 3.63) is 60.2 Å². The van der Waals surface area contributed by atoms with Crippen molar-refractivity contribution in [1.29, 1.82) is 0 Å². The van der Waals surface area contributed by atoms with Gasteiger partial charge in [0.05, 0.1) is 0 Å². The number of piperidine rings is 1. The summed E-state index contributed by atoms with van der Waals surface area (Å²) in [6.45, 7) is 1.39. The molecular weight excluding hydrogens is 360 g/mol. The summed E-state index contributed by atoms with van der Waals surface area (Å²) < 4.78 is 0. The fourth-order valence-electron chi connectivity index (χ4n) is 3.36. The summed E-state index contributed by atoms with van der Waals surface area (Å²) in [5.41, 5.74) is 2.89. The fraction of sp³-hybridized carbons (Fsp3) is 0.364. The predicted octanol–water partition coefficient (Wildman–Crippen LogP) is 4.09. The van der Waals surface area contributed by atoms with E-state index in [1.165, 1.54) is 0 Å². The molecule has 0 saturated carbocycles. The highest BCUT2D eigenvalue weighted by atomic mass is 35.5. The summed E-state index contributed by atoms with van der Waals surface area (Å²) in [6, 6.07) is 17.9. The molecule has 1 saturated heterocycles. The normalized spacial score (nSPS) is 14.8. The molecular formula is C22H25ClN2O2. The minimum atomic E-state index is -0.0541. The summed E-state index contributed by atoms with van der Waals surface area (Å²) >= 11 is 5.65. The maximum atomic E-state index is 12.5. The van der Waals surface area contributed by atoms with Crippen LogP contribution >= 0.6 is 11.6 Å². The van der Waals surface area contributed by atoms with Gasteiger partial charge >= 0.3 is 0 Å². The Kier molecular flexibility index (Phi) is 6.88. The maximum absolute atomic E-state index is 12.5. The van der Waals surface area contributed by atoms with E-state index in [2.05, 4.69) is 17.4 Å². The SMILES string of the molecule is O=C(NC1CCN(C(=O)CCCCl)CC1)c1ccc(-c2ccccc2)cc1. The van der Waals surface area contributed by atoms with Crippen LogP contribution in [-0.4, -0.2) is 41.7 Å². The van der Waals surface area contributed by atoms with Crippen molar-refractivity contribution in [2.45, 2.75) is 31.7 Å². The Hall–Kier alpha value is -2.33. The Bertz CT molecular complexity index is 754. The van der Waals surface area contributed by atoms with Gasteiger partial charge in [0.2, 0.25) is 5.91 Å². The highest BCUT2D eigenvalue weighted by molar-refractivity contribution is 6.17. The zero-order valence-electron chi connectivity index (χ0n) is 15.4. The summed E-state index contributed by atoms with van der Waals surface area (Å²) in [5, 5.41) is 3.10. The Morgan fingerprint density at radius 3 is 2.22 bits per heavy atom. The van der Waals surface area contributed by atoms with E-state index in [1.807, 2.05) is 47.4 Å². The zero-order valence-corrected chi connectivity index (χ0v) is 16.1. The van der Waals surface area contributed by atoms with Crippen LogP contribution in [-0.2, 0) is 4.79 Å². The second-order valence-corrected chi connectivity index (χ2v) is 7.24. The van der Waals surface area contributed by atoms with Crippen LogP contribution in [0.1, 0.15) is 36.0 Å². The van der Waals surface area contributed by atoms with Crippen LogP contribution in [0, 0.1) is 0 Å². The summed E-state index contributed by atoms with van der Waals surface area (Å²) in [7, 11) is 0. The van der Waals surface area contributed by atoms with Gasteiger partial charge in [-0.1, -0.05) is 42.5 Å². The Morgan fingerprint density at radius 1 is 0.963 bits per heavy atom. The number of likely N-dealkylation sites (tertiary alicyclic amines) is 1. The first-order valence-corrected chi connectivity index (χ1v) is 10.0. The van der Waals surface area contributed by atoms with Gasteiger partial charge < -0.3 is 10.2 Å². The smallest absolute Gasteiger partial charge is 0.251 e. The van der Waals surface area contributed by atoms with Crippen LogP contribution in [0.2, 0.25) is 0 Å². The number of rotatable bonds is 6. The van der Waals surface area contributed by atoms with E-state index in [1.54, 1.807) is 0 Å². The quantitative estimate of drug-likeness (QED) is 0.762. The third-order valence-electron chi connectivity index (χ3n) is 4.96. The highest BCUT2D eigenvalue weighted by Gasteiger charge is 2.23. The van der Waals surface area contributed by atoms with E-state index in [-0.39, 0.29) is 17.9 Å². The number of halogens is 1. The van der Waals surface area contributed by atoms with Crippen molar-refractivity contribution < 1.29 is 9.59 Å². The molecule has 0 spiro atoms. The molecule has 1 heterocycles. The molecule has 0 aliphatic carbocycles. The lowest BCUT2D eigenvalue weighted by Gasteiger charge is -2.32. The van der Waals surface area contributed by atoms with E-state index in [0.29, 0.717) is 31.0 Å². The summed E-state index contributed by atoms with van der Waals surface area (Å²) in [6.07, 6.45) is 2.81. The van der Waals surface area contributed by atoms with Crippen molar-refractivity contribution in [1.82, 2.24) is 10.2 Å². The topological polar surface area (TPSA) is 49.4 Å². The number of nitrogens with one attached hydrogen (secondary N) is 1. The van der Waals surface area contributed by atoms with Crippen molar-refractivity contribution in [2.75, 3.05) is 19.0 Å². The van der Waals surface area contributed by atoms with E-state index >= 15 is 0 Å². The van der Waals surface area contributed by atoms with Crippen molar-refractivity contribution >= 4 is 23.4 Å². The third kappa shape index (κ3) is 5.33. The van der Waals surface area contributed by atoms with E-state index in [4.69, 9.17) is 11.6 Å². The molecule has 27 heavy (non-hydrogen) atoms. The molecule has 4 nitrogen and oxygen atoms in total. The first-order valence-electron chi connectivity index (χ1n) is 9.47. The Morgan fingerprint density at radius 2 is 1.59 bits per heavy atom. The van der Waals surface area contributed by atoms with Gasteiger partial charge in [-0.3, -0.25) is 9.59 Å². The van der Waals surface area contributed by atoms with E-state index < -0.39 is 0 Å². The molecule has 0 unspecified atom stereocenters. The first-order chi connectivity index (χ1) is 13.2. The number of amides is 2. The van der Waals surface area contributed by atoms with E-state index in [0.717, 1.165) is 30.4 Å². The molecule has 3 rings (SSSR count). The summed E-state index contributed by atoms with van der Waals surface area (Å²) in [4.78, 5) is 26.4. The molecule has 0 atom stereocenters. The lowest BCUT2D eigenvalue weighted by atomic mass is 10.0. The second kappa shape index (κ2) is 9.56. The number of nitrogens with zero attached hydrogens (tertiary/aromatic N) is 1. The average Bonchev–Trinajstić information content (AvgIpc) is 2.73. The van der Waals surface area contributed by atoms with Crippen LogP contribution in [0.25, 0.3) is 11.1 Å². The largest absolute Gasteiger partial charge is 0.349 e. The summed E-state index contributed by atoms with van der Waals surface area (Å²) in [5.74, 6) is 0.625. The Balaban J connectivity index is 1.50. The Labute approximate surface area is 165 Å². The van der Waals surface area contributed by atoms with Crippen molar-refractivity contribution in [2.24, 2.45) is 0 Å². The minimum absolute atomic E-state index is 0.0541. The van der Waals surface area contributed by atoms with Gasteiger partial charge in [0.25, 0.3) is 5.91 Å². The van der Waals surface area contributed by atoms with Crippen LogP contribution in [0.15, 0.2) is 54.6 Å². The lowest BCUT2D eigenvalue weighted by molar-refractivity contribution is -0.132. The molecule has 142 valence electrons. The van der Waals surface area contributed by atoms with Crippen LogP contribution in [0.4, 0.5) is 0 Å². The first kappa shape index (κ1) is 19.4. The number of alkyl halides is 1. The molecule has 2 aromatic carbocycles. The molecule has 0 aromatic heterocycles. The molecule has 1 fully saturated rings. The maximum Gasteiger partial charge on any atom is 0.251 e. The van der Waals surface area contributed by atoms with Crippen LogP contribution in [0.5, 0.6) is 0 Å². The van der Waals surface area contributed by atoms with Crippen molar-refractivity contribution in [3.63, 3.8) is 0 Å². The predicted molar refractivity (Wildman–Crippen MR) is 109 cm³/mol. The molecule has 0 bridgehead atoms. The van der Waals surface area contributed by atoms with Crippen LogP contribution < -0.4 is 5.32 Å². The molecule has 1 N–H and O–H groups in total. The van der Waals surface area contributed by atoms with E-state index in [9.17, 15) is 9.59 Å².